The van der Waals surface area contributed by atoms with Gasteiger partial charge >= 0.3 is 0 Å². The van der Waals surface area contributed by atoms with E-state index in [1.54, 1.807) is 18.2 Å². The highest BCUT2D eigenvalue weighted by Crippen LogP contribution is 2.47. The predicted molar refractivity (Wildman–Crippen MR) is 128 cm³/mol. The van der Waals surface area contributed by atoms with Gasteiger partial charge in [0.1, 0.15) is 5.75 Å². The van der Waals surface area contributed by atoms with Gasteiger partial charge in [0.2, 0.25) is 5.91 Å². The van der Waals surface area contributed by atoms with Crippen LogP contribution in [0.3, 0.4) is 0 Å². The molecule has 1 aromatic carbocycles. The molecule has 3 unspecified atom stereocenters. The van der Waals surface area contributed by atoms with Gasteiger partial charge in [-0.05, 0) is 64.0 Å². The number of rotatable bonds is 6. The summed E-state index contributed by atoms with van der Waals surface area (Å²) in [4.78, 5) is 25.6. The first-order valence-corrected chi connectivity index (χ1v) is 12.5. The second-order valence-electron chi connectivity index (χ2n) is 9.88. The summed E-state index contributed by atoms with van der Waals surface area (Å²) in [5, 5.41) is 30.3. The Hall–Kier alpha value is -2.05. The fourth-order valence-electron chi connectivity index (χ4n) is 5.54. The lowest BCUT2D eigenvalue weighted by Gasteiger charge is -2.56. The van der Waals surface area contributed by atoms with Crippen molar-refractivity contribution >= 4 is 35.0 Å². The zero-order chi connectivity index (χ0) is 24.5. The van der Waals surface area contributed by atoms with E-state index in [-0.39, 0.29) is 36.4 Å². The van der Waals surface area contributed by atoms with Crippen LogP contribution in [0.5, 0.6) is 5.75 Å². The molecular formula is C24H30Cl2N4O4. The number of carbonyl (C=O) groups excluding carboxylic acids is 2. The summed E-state index contributed by atoms with van der Waals surface area (Å²) in [5.74, 6) is -0.0541. The summed E-state index contributed by atoms with van der Waals surface area (Å²) < 4.78 is 5.53. The fourth-order valence-corrected chi connectivity index (χ4v) is 5.82. The Bertz CT molecular complexity index is 990. The summed E-state index contributed by atoms with van der Waals surface area (Å²) in [7, 11) is 0. The number of halogens is 2. The van der Waals surface area contributed by atoms with Crippen LogP contribution >= 0.6 is 23.2 Å². The standard InChI is InChI=1S/C24H30Cl2N4O4/c1-14-15(12-27)2-5-19(28-14)22(33)30-23-6-8-24(9-7-23,20(31)11-23)29-21(32)13-34-16-3-4-17(25)18(26)10-16/h3-4,10,14-15,19-20,28,31H,2,5-9,11,13H2,1H3,(H,29,32)(H,30,33)/t14?,15?,19?,20-,23?,24?/m0/s1. The van der Waals surface area contributed by atoms with Crippen LogP contribution in [-0.4, -0.2) is 52.8 Å². The minimum absolute atomic E-state index is 0.0377. The molecule has 1 aliphatic heterocycles. The quantitative estimate of drug-likeness (QED) is 0.468. The van der Waals surface area contributed by atoms with Crippen molar-refractivity contribution in [2.75, 3.05) is 6.61 Å². The van der Waals surface area contributed by atoms with Gasteiger partial charge in [0, 0.05) is 17.6 Å². The SMILES string of the molecule is CC1NC(C(=O)NC23CCC(NC(=O)COc4ccc(Cl)c(Cl)c4)(CC2)[C@@H](O)C3)CCC1C#N. The highest BCUT2D eigenvalue weighted by Gasteiger charge is 2.55. The number of nitrogens with zero attached hydrogens (tertiary/aromatic N) is 1. The molecule has 2 amide bonds. The lowest BCUT2D eigenvalue weighted by Crippen LogP contribution is -2.71. The van der Waals surface area contributed by atoms with Crippen molar-refractivity contribution in [3.05, 3.63) is 28.2 Å². The van der Waals surface area contributed by atoms with Crippen LogP contribution in [-0.2, 0) is 9.59 Å². The topological polar surface area (TPSA) is 123 Å². The maximum Gasteiger partial charge on any atom is 0.258 e. The minimum Gasteiger partial charge on any atom is -0.484 e. The van der Waals surface area contributed by atoms with Gasteiger partial charge in [0.15, 0.2) is 6.61 Å². The molecule has 4 aliphatic rings. The largest absolute Gasteiger partial charge is 0.484 e. The van der Waals surface area contributed by atoms with Gasteiger partial charge in [-0.1, -0.05) is 23.2 Å². The normalized spacial score (nSPS) is 34.7. The molecule has 3 aliphatic carbocycles. The number of benzene rings is 1. The van der Waals surface area contributed by atoms with E-state index >= 15 is 0 Å². The van der Waals surface area contributed by atoms with Crippen molar-refractivity contribution in [1.82, 2.24) is 16.0 Å². The number of hydrogen-bond donors (Lipinski definition) is 4. The van der Waals surface area contributed by atoms with Crippen LogP contribution in [0, 0.1) is 17.2 Å². The Morgan fingerprint density at radius 2 is 1.94 bits per heavy atom. The molecule has 1 saturated heterocycles. The van der Waals surface area contributed by atoms with Crippen LogP contribution in [0.1, 0.15) is 51.9 Å². The van der Waals surface area contributed by atoms with Gasteiger partial charge in [-0.3, -0.25) is 9.59 Å². The third-order valence-electron chi connectivity index (χ3n) is 7.68. The number of nitriles is 1. The first-order valence-electron chi connectivity index (χ1n) is 11.7. The monoisotopic (exact) mass is 508 g/mol. The summed E-state index contributed by atoms with van der Waals surface area (Å²) in [6.07, 6.45) is 3.40. The molecule has 8 nitrogen and oxygen atoms in total. The Morgan fingerprint density at radius 1 is 1.21 bits per heavy atom. The number of carbonyl (C=O) groups is 2. The van der Waals surface area contributed by atoms with E-state index in [0.29, 0.717) is 60.7 Å². The molecule has 0 aromatic heterocycles. The number of aliphatic hydroxyl groups excluding tert-OH is 1. The number of hydrogen-bond acceptors (Lipinski definition) is 6. The Balaban J connectivity index is 1.30. The van der Waals surface area contributed by atoms with E-state index in [1.165, 1.54) is 0 Å². The molecule has 5 rings (SSSR count). The molecular weight excluding hydrogens is 479 g/mol. The molecule has 1 heterocycles. The molecule has 184 valence electrons. The van der Waals surface area contributed by atoms with Crippen molar-refractivity contribution < 1.29 is 19.4 Å². The Kier molecular flexibility index (Phi) is 7.30. The van der Waals surface area contributed by atoms with E-state index in [2.05, 4.69) is 22.0 Å². The lowest BCUT2D eigenvalue weighted by atomic mass is 9.59. The third-order valence-corrected chi connectivity index (χ3v) is 8.41. The lowest BCUT2D eigenvalue weighted by molar-refractivity contribution is -0.137. The Morgan fingerprint density at radius 3 is 2.56 bits per heavy atom. The van der Waals surface area contributed by atoms with Crippen molar-refractivity contribution in [2.45, 2.75) is 81.1 Å². The van der Waals surface area contributed by atoms with Gasteiger partial charge in [0.25, 0.3) is 5.91 Å². The van der Waals surface area contributed by atoms with Crippen molar-refractivity contribution in [3.8, 4) is 11.8 Å². The third kappa shape index (κ3) is 5.13. The van der Waals surface area contributed by atoms with Crippen molar-refractivity contribution in [1.29, 1.82) is 5.26 Å². The van der Waals surface area contributed by atoms with Crippen LogP contribution in [0.4, 0.5) is 0 Å². The number of aliphatic hydroxyl groups is 1. The minimum atomic E-state index is -0.773. The summed E-state index contributed by atoms with van der Waals surface area (Å²) in [6, 6.07) is 6.69. The fraction of sp³-hybridized carbons (Fsp3) is 0.625. The molecule has 1 aromatic rings. The molecule has 4 N–H and O–H groups in total. The van der Waals surface area contributed by atoms with Crippen molar-refractivity contribution in [2.24, 2.45) is 5.92 Å². The van der Waals surface area contributed by atoms with Gasteiger partial charge in [0.05, 0.1) is 39.7 Å². The first kappa shape index (κ1) is 25.1. The summed E-state index contributed by atoms with van der Waals surface area (Å²) in [5.41, 5.74) is -1.20. The zero-order valence-corrected chi connectivity index (χ0v) is 20.6. The first-order chi connectivity index (χ1) is 16.2. The smallest absolute Gasteiger partial charge is 0.258 e. The van der Waals surface area contributed by atoms with Crippen LogP contribution in [0.25, 0.3) is 0 Å². The summed E-state index contributed by atoms with van der Waals surface area (Å²) in [6.45, 7) is 1.72. The number of amides is 2. The highest BCUT2D eigenvalue weighted by molar-refractivity contribution is 6.42. The van der Waals surface area contributed by atoms with Gasteiger partial charge < -0.3 is 25.8 Å². The average Bonchev–Trinajstić information content (AvgIpc) is 2.81. The van der Waals surface area contributed by atoms with Gasteiger partial charge in [-0.2, -0.15) is 5.26 Å². The van der Waals surface area contributed by atoms with E-state index in [1.807, 2.05) is 6.92 Å². The van der Waals surface area contributed by atoms with Crippen LogP contribution in [0.15, 0.2) is 18.2 Å². The molecule has 2 bridgehead atoms. The number of fused-ring (bicyclic) bond motifs is 3. The molecule has 4 fully saturated rings. The van der Waals surface area contributed by atoms with E-state index < -0.39 is 17.2 Å². The van der Waals surface area contributed by atoms with Crippen LogP contribution in [0.2, 0.25) is 10.0 Å². The van der Waals surface area contributed by atoms with E-state index in [4.69, 9.17) is 27.9 Å². The maximum absolute atomic E-state index is 13.0. The van der Waals surface area contributed by atoms with E-state index in [0.717, 1.165) is 0 Å². The van der Waals surface area contributed by atoms with E-state index in [9.17, 15) is 20.0 Å². The summed E-state index contributed by atoms with van der Waals surface area (Å²) >= 11 is 11.9. The zero-order valence-electron chi connectivity index (χ0n) is 19.1. The van der Waals surface area contributed by atoms with Crippen LogP contribution < -0.4 is 20.7 Å². The molecule has 3 saturated carbocycles. The molecule has 34 heavy (non-hydrogen) atoms. The number of nitrogens with one attached hydrogen (secondary N) is 3. The Labute approximate surface area is 209 Å². The van der Waals surface area contributed by atoms with Gasteiger partial charge in [-0.25, -0.2) is 0 Å². The molecule has 0 radical (unpaired) electrons. The van der Waals surface area contributed by atoms with Gasteiger partial charge in [-0.15, -0.1) is 0 Å². The van der Waals surface area contributed by atoms with Crippen molar-refractivity contribution in [3.63, 3.8) is 0 Å². The predicted octanol–water partition coefficient (Wildman–Crippen LogP) is 2.70. The second kappa shape index (κ2) is 9.90. The molecule has 10 heteroatoms. The number of ether oxygens (including phenoxy) is 1. The molecule has 4 atom stereocenters. The average molecular weight is 509 g/mol. The number of piperidine rings is 1. The maximum atomic E-state index is 13.0. The second-order valence-corrected chi connectivity index (χ2v) is 10.7. The molecule has 0 spiro atoms. The highest BCUT2D eigenvalue weighted by atomic mass is 35.5.